The maximum absolute atomic E-state index is 14.9. The van der Waals surface area contributed by atoms with E-state index in [1.807, 2.05) is 6.92 Å². The van der Waals surface area contributed by atoms with Crippen LogP contribution in [0, 0.1) is 5.82 Å². The molecule has 14 heteroatoms. The molecule has 1 heterocycles. The molecule has 0 saturated carbocycles. The van der Waals surface area contributed by atoms with E-state index in [-0.39, 0.29) is 41.7 Å². The maximum atomic E-state index is 14.9. The molecule has 0 spiro atoms. The molecule has 0 aliphatic carbocycles. The first-order valence-corrected chi connectivity index (χ1v) is 17.2. The van der Waals surface area contributed by atoms with E-state index in [2.05, 4.69) is 5.32 Å². The van der Waals surface area contributed by atoms with Gasteiger partial charge in [0, 0.05) is 35.5 Å². The number of ketones is 1. The van der Waals surface area contributed by atoms with Gasteiger partial charge >= 0.3 is 5.97 Å². The van der Waals surface area contributed by atoms with E-state index in [1.54, 1.807) is 55.6 Å². The van der Waals surface area contributed by atoms with Gasteiger partial charge in [-0.25, -0.2) is 13.4 Å². The van der Waals surface area contributed by atoms with Crippen molar-refractivity contribution in [3.05, 3.63) is 128 Å². The fraction of sp³-hybridized carbons (Fsp3) is 0.114. The number of hydrogen-bond acceptors (Lipinski definition) is 8. The first-order valence-electron chi connectivity index (χ1n) is 14.5. The number of carbonyl (C=O) groups is 3. The molecule has 1 atom stereocenters. The third-order valence-electron chi connectivity index (χ3n) is 6.94. The fourth-order valence-electron chi connectivity index (χ4n) is 4.63. The van der Waals surface area contributed by atoms with Crippen molar-refractivity contribution in [2.24, 2.45) is 0 Å². The zero-order chi connectivity index (χ0) is 35.2. The molecule has 4 aromatic carbocycles. The highest BCUT2D eigenvalue weighted by Crippen LogP contribution is 2.36. The predicted molar refractivity (Wildman–Crippen MR) is 189 cm³/mol. The molecule has 5 aromatic rings. The Balaban J connectivity index is 1.32. The molecule has 1 amide bonds. The third kappa shape index (κ3) is 8.28. The second-order valence-corrected chi connectivity index (χ2v) is 13.8. The lowest BCUT2D eigenvalue weighted by molar-refractivity contribution is 0.0734. The van der Waals surface area contributed by atoms with Gasteiger partial charge in [-0.05, 0) is 55.5 Å². The summed E-state index contributed by atoms with van der Waals surface area (Å²) in [5.74, 6) is -2.11. The number of nitrogens with one attached hydrogen (secondary N) is 1. The largest absolute Gasteiger partial charge is 0.493 e. The van der Waals surface area contributed by atoms with Gasteiger partial charge in [0.15, 0.2) is 28.3 Å². The lowest BCUT2D eigenvalue weighted by Gasteiger charge is -2.20. The number of benzene rings is 4. The number of methoxy groups -OCH3 is 1. The van der Waals surface area contributed by atoms with Gasteiger partial charge in [0.2, 0.25) is 0 Å². The number of hydrogen-bond donors (Lipinski definition) is 1. The minimum atomic E-state index is -1.88. The van der Waals surface area contributed by atoms with Crippen molar-refractivity contribution < 1.29 is 37.2 Å². The quantitative estimate of drug-likeness (QED) is 0.0776. The molecule has 5 rings (SSSR count). The van der Waals surface area contributed by atoms with Crippen molar-refractivity contribution in [2.45, 2.75) is 11.8 Å². The minimum Gasteiger partial charge on any atom is -0.493 e. The molecule has 49 heavy (non-hydrogen) atoms. The summed E-state index contributed by atoms with van der Waals surface area (Å²) in [6, 6.07) is 22.2. The van der Waals surface area contributed by atoms with Crippen molar-refractivity contribution in [3.63, 3.8) is 0 Å². The van der Waals surface area contributed by atoms with Crippen LogP contribution in [0.3, 0.4) is 0 Å². The molecule has 0 aliphatic rings. The Morgan fingerprint density at radius 1 is 0.918 bits per heavy atom. The van der Waals surface area contributed by atoms with E-state index in [9.17, 15) is 23.0 Å². The van der Waals surface area contributed by atoms with Crippen LogP contribution in [-0.2, 0) is 11.0 Å². The Morgan fingerprint density at radius 3 is 2.37 bits per heavy atom. The van der Waals surface area contributed by atoms with Crippen molar-refractivity contribution in [1.82, 2.24) is 0 Å². The summed E-state index contributed by atoms with van der Waals surface area (Å²) in [6.45, 7) is 2.28. The Morgan fingerprint density at radius 2 is 1.67 bits per heavy atom. The number of anilines is 2. The van der Waals surface area contributed by atoms with Gasteiger partial charge in [0.1, 0.15) is 16.4 Å². The van der Waals surface area contributed by atoms with Crippen LogP contribution in [0.1, 0.15) is 42.9 Å². The van der Waals surface area contributed by atoms with Crippen LogP contribution >= 0.6 is 34.5 Å². The standard InChI is InChI=1S/C35H27Cl2FN2O7S2/c1-4-46-28-13-10-24(17-29(28)45-3)40(2)49(44)30-19-31(37)48-33(30)34(42)39-23-15-21(14-22(36)16-23)35(43)47-25-11-12-26(27(38)18-25)32(41)20-8-6-5-7-9-20/h5-19H,4H2,1-3H3,(H,39,42). The molecule has 252 valence electrons. The van der Waals surface area contributed by atoms with Crippen LogP contribution in [-0.4, -0.2) is 42.6 Å². The molecule has 0 fully saturated rings. The first kappa shape index (κ1) is 35.6. The lowest BCUT2D eigenvalue weighted by atomic mass is 10.0. The molecule has 0 saturated heterocycles. The van der Waals surface area contributed by atoms with Crippen molar-refractivity contribution in [3.8, 4) is 17.2 Å². The number of amides is 1. The van der Waals surface area contributed by atoms with Crippen LogP contribution in [0.5, 0.6) is 17.2 Å². The minimum absolute atomic E-state index is 0.0511. The van der Waals surface area contributed by atoms with Crippen molar-refractivity contribution >= 4 is 74.6 Å². The summed E-state index contributed by atoms with van der Waals surface area (Å²) >= 11 is 13.5. The van der Waals surface area contributed by atoms with E-state index in [0.717, 1.165) is 17.4 Å². The highest BCUT2D eigenvalue weighted by molar-refractivity contribution is 7.86. The highest BCUT2D eigenvalue weighted by atomic mass is 35.5. The van der Waals surface area contributed by atoms with Gasteiger partial charge < -0.3 is 19.5 Å². The molecule has 1 aromatic heterocycles. The van der Waals surface area contributed by atoms with Gasteiger partial charge in [-0.2, -0.15) is 0 Å². The topological polar surface area (TPSA) is 111 Å². The summed E-state index contributed by atoms with van der Waals surface area (Å²) in [4.78, 5) is 39.4. The van der Waals surface area contributed by atoms with Gasteiger partial charge in [-0.15, -0.1) is 11.3 Å². The fourth-order valence-corrected chi connectivity index (χ4v) is 7.42. The molecule has 1 unspecified atom stereocenters. The van der Waals surface area contributed by atoms with Gasteiger partial charge in [-0.3, -0.25) is 13.9 Å². The first-order chi connectivity index (χ1) is 23.5. The summed E-state index contributed by atoms with van der Waals surface area (Å²) in [7, 11) is 1.21. The number of rotatable bonds is 12. The summed E-state index contributed by atoms with van der Waals surface area (Å²) in [5, 5.41) is 2.76. The van der Waals surface area contributed by atoms with E-state index >= 15 is 0 Å². The zero-order valence-electron chi connectivity index (χ0n) is 26.1. The Hall–Kier alpha value is -4.75. The van der Waals surface area contributed by atoms with Crippen LogP contribution in [0.4, 0.5) is 15.8 Å². The third-order valence-corrected chi connectivity index (χ3v) is 9.96. The van der Waals surface area contributed by atoms with Crippen molar-refractivity contribution in [2.75, 3.05) is 30.4 Å². The smallest absolute Gasteiger partial charge is 0.343 e. The van der Waals surface area contributed by atoms with E-state index in [0.29, 0.717) is 29.4 Å². The number of esters is 1. The number of carbonyl (C=O) groups excluding carboxylic acids is 3. The molecule has 9 nitrogen and oxygen atoms in total. The Bertz CT molecular complexity index is 2070. The second kappa shape index (κ2) is 15.6. The average molecular weight is 742 g/mol. The number of thiophene rings is 1. The molecule has 0 bridgehead atoms. The van der Waals surface area contributed by atoms with E-state index in [1.165, 1.54) is 47.8 Å². The second-order valence-electron chi connectivity index (χ2n) is 10.2. The van der Waals surface area contributed by atoms with Crippen molar-refractivity contribution in [1.29, 1.82) is 0 Å². The van der Waals surface area contributed by atoms with Crippen LogP contribution in [0.15, 0.2) is 95.9 Å². The SMILES string of the molecule is CCOc1ccc(N(C)S(=O)c2cc(Cl)sc2C(=O)Nc2cc(Cl)cc(C(=O)Oc3ccc(C(=O)c4ccccc4)c(F)c3)c2)cc1OC. The lowest BCUT2D eigenvalue weighted by Crippen LogP contribution is -2.22. The number of halogens is 3. The van der Waals surface area contributed by atoms with Crippen LogP contribution < -0.4 is 23.8 Å². The summed E-state index contributed by atoms with van der Waals surface area (Å²) in [6.07, 6.45) is 0. The summed E-state index contributed by atoms with van der Waals surface area (Å²) in [5.41, 5.74) is 0.735. The predicted octanol–water partition coefficient (Wildman–Crippen LogP) is 8.46. The normalized spacial score (nSPS) is 11.4. The summed E-state index contributed by atoms with van der Waals surface area (Å²) < 4.78 is 46.5. The van der Waals surface area contributed by atoms with Crippen LogP contribution in [0.2, 0.25) is 9.36 Å². The highest BCUT2D eigenvalue weighted by Gasteiger charge is 2.25. The average Bonchev–Trinajstić information content (AvgIpc) is 3.49. The molecular formula is C35H27Cl2FN2O7S2. The van der Waals surface area contributed by atoms with Gasteiger partial charge in [0.25, 0.3) is 5.91 Å². The Kier molecular flexibility index (Phi) is 11.4. The molecule has 0 radical (unpaired) electrons. The molecule has 1 N–H and O–H groups in total. The molecular weight excluding hydrogens is 714 g/mol. The van der Waals surface area contributed by atoms with E-state index < -0.39 is 34.5 Å². The maximum Gasteiger partial charge on any atom is 0.343 e. The number of ether oxygens (including phenoxy) is 3. The Labute approximate surface area is 297 Å². The van der Waals surface area contributed by atoms with Gasteiger partial charge in [0.05, 0.1) is 39.8 Å². The molecule has 0 aliphatic heterocycles. The van der Waals surface area contributed by atoms with E-state index in [4.69, 9.17) is 37.4 Å². The van der Waals surface area contributed by atoms with Crippen LogP contribution in [0.25, 0.3) is 0 Å². The zero-order valence-corrected chi connectivity index (χ0v) is 29.3. The van der Waals surface area contributed by atoms with Gasteiger partial charge in [-0.1, -0.05) is 53.5 Å². The number of nitrogens with zero attached hydrogens (tertiary/aromatic N) is 1. The monoisotopic (exact) mass is 740 g/mol.